The van der Waals surface area contributed by atoms with Crippen molar-refractivity contribution in [3.05, 3.63) is 35.4 Å². The zero-order valence-electron chi connectivity index (χ0n) is 10.0. The van der Waals surface area contributed by atoms with Gasteiger partial charge in [0, 0.05) is 6.04 Å². The first-order chi connectivity index (χ1) is 8.60. The van der Waals surface area contributed by atoms with Crippen LogP contribution in [0.5, 0.6) is 0 Å². The van der Waals surface area contributed by atoms with Crippen LogP contribution in [0.15, 0.2) is 24.3 Å². The molecular formula is C14H16N2O2. The maximum atomic E-state index is 10.7. The molecule has 0 heterocycles. The van der Waals surface area contributed by atoms with E-state index in [1.54, 1.807) is 12.1 Å². The van der Waals surface area contributed by atoms with E-state index < -0.39 is 5.97 Å². The minimum atomic E-state index is -0.711. The third kappa shape index (κ3) is 2.69. The molecule has 0 amide bonds. The number of nitriles is 1. The van der Waals surface area contributed by atoms with Gasteiger partial charge in [-0.2, -0.15) is 5.26 Å². The Morgan fingerprint density at radius 3 is 2.56 bits per heavy atom. The first kappa shape index (κ1) is 12.6. The summed E-state index contributed by atoms with van der Waals surface area (Å²) in [6, 6.07) is 9.46. The van der Waals surface area contributed by atoms with Crippen molar-refractivity contribution < 1.29 is 9.90 Å². The summed E-state index contributed by atoms with van der Waals surface area (Å²) < 4.78 is 0. The summed E-state index contributed by atoms with van der Waals surface area (Å²) >= 11 is 0. The van der Waals surface area contributed by atoms with E-state index in [4.69, 9.17) is 16.1 Å². The monoisotopic (exact) mass is 244 g/mol. The molecule has 0 aromatic heterocycles. The van der Waals surface area contributed by atoms with E-state index in [-0.39, 0.29) is 12.0 Å². The molecule has 0 radical (unpaired) electrons. The lowest BCUT2D eigenvalue weighted by atomic mass is 9.70. The number of rotatable bonds is 4. The van der Waals surface area contributed by atoms with E-state index in [1.807, 2.05) is 12.1 Å². The van der Waals surface area contributed by atoms with Crippen LogP contribution in [0.3, 0.4) is 0 Å². The number of hydrogen-bond acceptors (Lipinski definition) is 3. The maximum Gasteiger partial charge on any atom is 0.306 e. The van der Waals surface area contributed by atoms with Crippen LogP contribution in [-0.4, -0.2) is 17.1 Å². The number of aliphatic carboxylic acids is 1. The number of benzene rings is 1. The average Bonchev–Trinajstić information content (AvgIpc) is 2.27. The van der Waals surface area contributed by atoms with E-state index in [0.717, 1.165) is 12.0 Å². The summed E-state index contributed by atoms with van der Waals surface area (Å²) in [4.78, 5) is 10.7. The Morgan fingerprint density at radius 1 is 1.44 bits per heavy atom. The van der Waals surface area contributed by atoms with Gasteiger partial charge in [-0.05, 0) is 42.9 Å². The quantitative estimate of drug-likeness (QED) is 0.841. The van der Waals surface area contributed by atoms with Gasteiger partial charge in [0.2, 0.25) is 0 Å². The Balaban J connectivity index is 1.86. The standard InChI is InChI=1S/C14H16N2O2/c15-8-10-3-1-9(2-4-10)5-13(16)11-6-12(7-11)14(17)18/h1-4,11-13H,5-7,16H2,(H,17,18)/t11?,12?,13-/m0/s1. The van der Waals surface area contributed by atoms with Crippen LogP contribution < -0.4 is 5.73 Å². The van der Waals surface area contributed by atoms with Gasteiger partial charge in [-0.1, -0.05) is 12.1 Å². The molecule has 1 fully saturated rings. The van der Waals surface area contributed by atoms with Crippen LogP contribution >= 0.6 is 0 Å². The normalized spacial score (nSPS) is 23.8. The molecule has 0 unspecified atom stereocenters. The van der Waals surface area contributed by atoms with E-state index >= 15 is 0 Å². The van der Waals surface area contributed by atoms with Crippen LogP contribution in [0, 0.1) is 23.2 Å². The zero-order valence-corrected chi connectivity index (χ0v) is 10.0. The molecule has 4 heteroatoms. The Bertz CT molecular complexity index is 470. The topological polar surface area (TPSA) is 87.1 Å². The van der Waals surface area contributed by atoms with Crippen LogP contribution in [0.4, 0.5) is 0 Å². The predicted octanol–water partition coefficient (Wildman–Crippen LogP) is 1.54. The molecule has 2 rings (SSSR count). The summed E-state index contributed by atoms with van der Waals surface area (Å²) in [6.45, 7) is 0. The summed E-state index contributed by atoms with van der Waals surface area (Å²) in [5.74, 6) is -0.611. The fraction of sp³-hybridized carbons (Fsp3) is 0.429. The molecule has 0 spiro atoms. The van der Waals surface area contributed by atoms with Gasteiger partial charge in [-0.15, -0.1) is 0 Å². The lowest BCUT2D eigenvalue weighted by molar-refractivity contribution is -0.146. The number of nitrogens with two attached hydrogens (primary N) is 1. The molecule has 94 valence electrons. The number of nitrogens with zero attached hydrogens (tertiary/aromatic N) is 1. The minimum absolute atomic E-state index is 0.00790. The molecule has 1 aliphatic rings. The summed E-state index contributed by atoms with van der Waals surface area (Å²) in [5, 5.41) is 17.5. The first-order valence-electron chi connectivity index (χ1n) is 6.07. The van der Waals surface area contributed by atoms with E-state index in [2.05, 4.69) is 6.07 Å². The fourth-order valence-corrected chi connectivity index (χ4v) is 2.37. The molecule has 0 bridgehead atoms. The third-order valence-electron chi connectivity index (χ3n) is 3.68. The highest BCUT2D eigenvalue weighted by Crippen LogP contribution is 2.36. The van der Waals surface area contributed by atoms with Gasteiger partial charge in [-0.25, -0.2) is 0 Å². The van der Waals surface area contributed by atoms with Gasteiger partial charge >= 0.3 is 5.97 Å². The Morgan fingerprint density at radius 2 is 2.06 bits per heavy atom. The summed E-state index contributed by atoms with van der Waals surface area (Å²) in [5.41, 5.74) is 7.82. The second-order valence-corrected chi connectivity index (χ2v) is 4.94. The van der Waals surface area contributed by atoms with Gasteiger partial charge in [-0.3, -0.25) is 4.79 Å². The van der Waals surface area contributed by atoms with Crippen molar-refractivity contribution in [2.24, 2.45) is 17.6 Å². The summed E-state index contributed by atoms with van der Waals surface area (Å²) in [7, 11) is 0. The largest absolute Gasteiger partial charge is 0.481 e. The van der Waals surface area contributed by atoms with Crippen molar-refractivity contribution in [3.63, 3.8) is 0 Å². The third-order valence-corrected chi connectivity index (χ3v) is 3.68. The molecule has 18 heavy (non-hydrogen) atoms. The minimum Gasteiger partial charge on any atom is -0.481 e. The SMILES string of the molecule is N#Cc1ccc(C[C@H](N)C2CC(C(=O)O)C2)cc1. The molecule has 3 N–H and O–H groups in total. The highest BCUT2D eigenvalue weighted by Gasteiger charge is 2.37. The number of carboxylic acids is 1. The number of carbonyl (C=O) groups is 1. The smallest absolute Gasteiger partial charge is 0.306 e. The first-order valence-corrected chi connectivity index (χ1v) is 6.07. The molecule has 1 aliphatic carbocycles. The molecular weight excluding hydrogens is 228 g/mol. The maximum absolute atomic E-state index is 10.7. The van der Waals surface area contributed by atoms with Crippen LogP contribution in [0.25, 0.3) is 0 Å². The van der Waals surface area contributed by atoms with Crippen molar-refractivity contribution >= 4 is 5.97 Å². The lowest BCUT2D eigenvalue weighted by Crippen LogP contribution is -2.43. The Hall–Kier alpha value is -1.86. The van der Waals surface area contributed by atoms with Crippen molar-refractivity contribution in [3.8, 4) is 6.07 Å². The van der Waals surface area contributed by atoms with E-state index in [1.165, 1.54) is 0 Å². The summed E-state index contributed by atoms with van der Waals surface area (Å²) in [6.07, 6.45) is 2.11. The van der Waals surface area contributed by atoms with Crippen molar-refractivity contribution in [1.29, 1.82) is 5.26 Å². The van der Waals surface area contributed by atoms with Crippen molar-refractivity contribution in [1.82, 2.24) is 0 Å². The second-order valence-electron chi connectivity index (χ2n) is 4.94. The zero-order chi connectivity index (χ0) is 13.1. The van der Waals surface area contributed by atoms with E-state index in [0.29, 0.717) is 24.3 Å². The molecule has 4 nitrogen and oxygen atoms in total. The highest BCUT2D eigenvalue weighted by molar-refractivity contribution is 5.71. The Kier molecular flexibility index (Phi) is 3.63. The van der Waals surface area contributed by atoms with Gasteiger partial charge in [0.25, 0.3) is 0 Å². The molecule has 1 saturated carbocycles. The fourth-order valence-electron chi connectivity index (χ4n) is 2.37. The molecule has 1 aromatic carbocycles. The van der Waals surface area contributed by atoms with Crippen LogP contribution in [0.1, 0.15) is 24.0 Å². The van der Waals surface area contributed by atoms with Crippen LogP contribution in [0.2, 0.25) is 0 Å². The number of carboxylic acid groups (broad SMARTS) is 1. The van der Waals surface area contributed by atoms with Gasteiger partial charge in [0.15, 0.2) is 0 Å². The molecule has 1 aromatic rings. The second kappa shape index (κ2) is 5.19. The predicted molar refractivity (Wildman–Crippen MR) is 66.7 cm³/mol. The van der Waals surface area contributed by atoms with Crippen molar-refractivity contribution in [2.75, 3.05) is 0 Å². The van der Waals surface area contributed by atoms with E-state index in [9.17, 15) is 4.79 Å². The van der Waals surface area contributed by atoms with Gasteiger partial charge < -0.3 is 10.8 Å². The number of hydrogen-bond donors (Lipinski definition) is 2. The van der Waals surface area contributed by atoms with Crippen molar-refractivity contribution in [2.45, 2.75) is 25.3 Å². The molecule has 0 saturated heterocycles. The highest BCUT2D eigenvalue weighted by atomic mass is 16.4. The Labute approximate surface area is 106 Å². The molecule has 0 aliphatic heterocycles. The average molecular weight is 244 g/mol. The van der Waals surface area contributed by atoms with Crippen LogP contribution in [-0.2, 0) is 11.2 Å². The lowest BCUT2D eigenvalue weighted by Gasteiger charge is -2.36. The van der Waals surface area contributed by atoms with Gasteiger partial charge in [0.1, 0.15) is 0 Å². The van der Waals surface area contributed by atoms with Gasteiger partial charge in [0.05, 0.1) is 17.6 Å². The molecule has 1 atom stereocenters.